The molecule has 4 heterocycles. The van der Waals surface area contributed by atoms with Crippen molar-refractivity contribution in [2.45, 2.75) is 31.7 Å². The lowest BCUT2D eigenvalue weighted by Crippen LogP contribution is -2.46. The molecule has 3 aliphatic rings. The summed E-state index contributed by atoms with van der Waals surface area (Å²) in [5.74, 6) is 2.57. The van der Waals surface area contributed by atoms with E-state index in [1.807, 2.05) is 18.2 Å². The summed E-state index contributed by atoms with van der Waals surface area (Å²) >= 11 is 5.97. The molecule has 0 saturated carbocycles. The van der Waals surface area contributed by atoms with E-state index >= 15 is 0 Å². The molecule has 0 spiro atoms. The molecule has 0 bridgehead atoms. The minimum atomic E-state index is -0.0381. The van der Waals surface area contributed by atoms with Crippen molar-refractivity contribution >= 4 is 23.3 Å². The van der Waals surface area contributed by atoms with Crippen LogP contribution in [0.3, 0.4) is 0 Å². The molecule has 7 nitrogen and oxygen atoms in total. The van der Waals surface area contributed by atoms with Crippen LogP contribution in [0.1, 0.15) is 24.8 Å². The van der Waals surface area contributed by atoms with Crippen molar-refractivity contribution in [3.8, 4) is 11.5 Å². The van der Waals surface area contributed by atoms with Crippen LogP contribution >= 0.6 is 11.6 Å². The van der Waals surface area contributed by atoms with Crippen LogP contribution in [0, 0.1) is 5.92 Å². The molecule has 5 rings (SSSR count). The lowest BCUT2D eigenvalue weighted by Gasteiger charge is -2.26. The third kappa shape index (κ3) is 5.53. The summed E-state index contributed by atoms with van der Waals surface area (Å²) in [6, 6.07) is 9.94. The fourth-order valence-corrected chi connectivity index (χ4v) is 5.11. The van der Waals surface area contributed by atoms with Gasteiger partial charge in [-0.05, 0) is 68.6 Å². The van der Waals surface area contributed by atoms with E-state index in [1.54, 1.807) is 6.20 Å². The molecular weight excluding hydrogens is 440 g/mol. The highest BCUT2D eigenvalue weighted by Crippen LogP contribution is 2.31. The van der Waals surface area contributed by atoms with Gasteiger partial charge in [0, 0.05) is 31.9 Å². The molecule has 8 heteroatoms. The Balaban J connectivity index is 1.24. The van der Waals surface area contributed by atoms with Gasteiger partial charge in [-0.1, -0.05) is 17.7 Å². The van der Waals surface area contributed by atoms with Crippen molar-refractivity contribution < 1.29 is 14.3 Å². The fraction of sp³-hybridized carbons (Fsp3) is 0.520. The van der Waals surface area contributed by atoms with Crippen LogP contribution in [0.25, 0.3) is 0 Å². The molecule has 1 amide bonds. The largest absolute Gasteiger partial charge is 0.486 e. The van der Waals surface area contributed by atoms with E-state index in [4.69, 9.17) is 21.1 Å². The van der Waals surface area contributed by atoms with Gasteiger partial charge in [0.05, 0.1) is 10.9 Å². The van der Waals surface area contributed by atoms with Crippen LogP contribution in [0.4, 0.5) is 5.82 Å². The molecule has 1 unspecified atom stereocenters. The maximum Gasteiger partial charge on any atom is 0.225 e. The third-order valence-electron chi connectivity index (χ3n) is 6.71. The third-order valence-corrected chi connectivity index (χ3v) is 6.93. The second-order valence-corrected chi connectivity index (χ2v) is 9.60. The Bertz CT molecular complexity index is 965. The van der Waals surface area contributed by atoms with E-state index in [9.17, 15) is 4.79 Å². The van der Waals surface area contributed by atoms with E-state index in [0.717, 1.165) is 61.9 Å². The number of benzene rings is 1. The van der Waals surface area contributed by atoms with Gasteiger partial charge in [0.15, 0.2) is 11.5 Å². The maximum atomic E-state index is 13.2. The average molecular weight is 471 g/mol. The van der Waals surface area contributed by atoms with Gasteiger partial charge in [-0.25, -0.2) is 4.98 Å². The van der Waals surface area contributed by atoms with Crippen LogP contribution < -0.4 is 19.7 Å². The summed E-state index contributed by atoms with van der Waals surface area (Å²) in [6.07, 6.45) is 5.72. The number of nitrogens with zero attached hydrogens (tertiary/aromatic N) is 3. The number of rotatable bonds is 7. The van der Waals surface area contributed by atoms with Crippen molar-refractivity contribution in [1.29, 1.82) is 0 Å². The molecule has 2 atom stereocenters. The van der Waals surface area contributed by atoms with Crippen molar-refractivity contribution in [2.75, 3.05) is 50.8 Å². The topological polar surface area (TPSA) is 66.9 Å². The van der Waals surface area contributed by atoms with Gasteiger partial charge < -0.3 is 24.6 Å². The molecule has 33 heavy (non-hydrogen) atoms. The van der Waals surface area contributed by atoms with E-state index in [2.05, 4.69) is 32.2 Å². The van der Waals surface area contributed by atoms with Crippen molar-refractivity contribution in [1.82, 2.24) is 15.2 Å². The number of carbonyl (C=O) groups is 1. The lowest BCUT2D eigenvalue weighted by molar-refractivity contribution is -0.125. The SMILES string of the molecule is O=C(NC(Cc1ccc2c(c1)OCCO2)CN1CCCC1)[C@@H]1CCN(c2ccc(Cl)cn2)C1. The van der Waals surface area contributed by atoms with Gasteiger partial charge in [-0.15, -0.1) is 0 Å². The minimum Gasteiger partial charge on any atom is -0.486 e. The minimum absolute atomic E-state index is 0.0381. The number of aromatic nitrogens is 1. The number of likely N-dealkylation sites (tertiary alicyclic amines) is 1. The van der Waals surface area contributed by atoms with Crippen LogP contribution in [-0.4, -0.2) is 67.8 Å². The number of ether oxygens (including phenoxy) is 2. The number of halogens is 1. The van der Waals surface area contributed by atoms with Crippen molar-refractivity contribution in [2.24, 2.45) is 5.92 Å². The van der Waals surface area contributed by atoms with Crippen LogP contribution in [0.5, 0.6) is 11.5 Å². The summed E-state index contributed by atoms with van der Waals surface area (Å²) in [5.41, 5.74) is 1.15. The summed E-state index contributed by atoms with van der Waals surface area (Å²) < 4.78 is 11.4. The Hall–Kier alpha value is -2.51. The second kappa shape index (κ2) is 10.2. The molecule has 1 aromatic carbocycles. The predicted octanol–water partition coefficient (Wildman–Crippen LogP) is 3.16. The van der Waals surface area contributed by atoms with Crippen LogP contribution in [0.15, 0.2) is 36.5 Å². The Kier molecular flexibility index (Phi) is 6.88. The number of fused-ring (bicyclic) bond motifs is 1. The Labute approximate surface area is 200 Å². The van der Waals surface area contributed by atoms with Gasteiger partial charge in [0.25, 0.3) is 0 Å². The molecule has 0 aliphatic carbocycles. The second-order valence-electron chi connectivity index (χ2n) is 9.16. The number of carbonyl (C=O) groups excluding carboxylic acids is 1. The number of hydrogen-bond donors (Lipinski definition) is 1. The average Bonchev–Trinajstić information content (AvgIpc) is 3.52. The summed E-state index contributed by atoms with van der Waals surface area (Å²) in [4.78, 5) is 22.3. The molecule has 1 N–H and O–H groups in total. The first kappa shape index (κ1) is 22.3. The first-order valence-corrected chi connectivity index (χ1v) is 12.3. The van der Waals surface area contributed by atoms with Crippen LogP contribution in [0.2, 0.25) is 5.02 Å². The van der Waals surface area contributed by atoms with E-state index < -0.39 is 0 Å². The van der Waals surface area contributed by atoms with Crippen molar-refractivity contribution in [3.05, 3.63) is 47.1 Å². The lowest BCUT2D eigenvalue weighted by atomic mass is 10.0. The monoisotopic (exact) mass is 470 g/mol. The molecule has 176 valence electrons. The smallest absolute Gasteiger partial charge is 0.225 e. The summed E-state index contributed by atoms with van der Waals surface area (Å²) in [5, 5.41) is 4.00. The highest BCUT2D eigenvalue weighted by atomic mass is 35.5. The zero-order valence-electron chi connectivity index (χ0n) is 18.8. The molecule has 1 aromatic heterocycles. The normalized spacial score (nSPS) is 21.2. The highest BCUT2D eigenvalue weighted by Gasteiger charge is 2.31. The standard InChI is InChI=1S/C25H31ClN4O3/c26-20-4-6-24(27-15-20)30-10-7-19(16-30)25(31)28-21(17-29-8-1-2-9-29)13-18-3-5-22-23(14-18)33-12-11-32-22/h3-6,14-15,19,21H,1-2,7-13,16-17H2,(H,28,31)/t19-,21?/m1/s1. The van der Waals surface area contributed by atoms with E-state index in [-0.39, 0.29) is 17.9 Å². The molecular formula is C25H31ClN4O3. The van der Waals surface area contributed by atoms with Gasteiger partial charge in [0.1, 0.15) is 19.0 Å². The molecule has 3 aliphatic heterocycles. The Morgan fingerprint density at radius 3 is 2.73 bits per heavy atom. The maximum absolute atomic E-state index is 13.2. The molecule has 2 saturated heterocycles. The zero-order chi connectivity index (χ0) is 22.6. The van der Waals surface area contributed by atoms with Crippen molar-refractivity contribution in [3.63, 3.8) is 0 Å². The molecule has 2 aromatic rings. The number of anilines is 1. The summed E-state index contributed by atoms with van der Waals surface area (Å²) in [6.45, 7) is 5.75. The number of hydrogen-bond acceptors (Lipinski definition) is 6. The number of amides is 1. The van der Waals surface area contributed by atoms with Gasteiger partial charge >= 0.3 is 0 Å². The molecule has 2 fully saturated rings. The highest BCUT2D eigenvalue weighted by molar-refractivity contribution is 6.30. The first-order chi connectivity index (χ1) is 16.1. The Morgan fingerprint density at radius 2 is 1.94 bits per heavy atom. The fourth-order valence-electron chi connectivity index (χ4n) is 4.99. The Morgan fingerprint density at radius 1 is 1.12 bits per heavy atom. The van der Waals surface area contributed by atoms with Gasteiger partial charge in [-0.2, -0.15) is 0 Å². The quantitative estimate of drug-likeness (QED) is 0.670. The first-order valence-electron chi connectivity index (χ1n) is 11.9. The summed E-state index contributed by atoms with van der Waals surface area (Å²) in [7, 11) is 0. The molecule has 0 radical (unpaired) electrons. The predicted molar refractivity (Wildman–Crippen MR) is 128 cm³/mol. The van der Waals surface area contributed by atoms with E-state index in [1.165, 1.54) is 12.8 Å². The van der Waals surface area contributed by atoms with Gasteiger partial charge in [-0.3, -0.25) is 4.79 Å². The van der Waals surface area contributed by atoms with E-state index in [0.29, 0.717) is 24.8 Å². The zero-order valence-corrected chi connectivity index (χ0v) is 19.6. The van der Waals surface area contributed by atoms with Crippen LogP contribution in [-0.2, 0) is 11.2 Å². The van der Waals surface area contributed by atoms with Gasteiger partial charge in [0.2, 0.25) is 5.91 Å². The number of nitrogens with one attached hydrogen (secondary N) is 1. The number of pyridine rings is 1.